The molecule has 0 rings (SSSR count). The van der Waals surface area contributed by atoms with Crippen LogP contribution in [0, 0.1) is 6.42 Å². The van der Waals surface area contributed by atoms with Crippen molar-refractivity contribution in [2.24, 2.45) is 0 Å². The van der Waals surface area contributed by atoms with Gasteiger partial charge in [0, 0.05) is 32.5 Å². The van der Waals surface area contributed by atoms with Crippen LogP contribution in [0.15, 0.2) is 0 Å². The first-order valence-electron chi connectivity index (χ1n) is 7.93. The average Bonchev–Trinajstić information content (AvgIpc) is 2.44. The Hall–Kier alpha value is -1.19. The number of rotatable bonds is 11. The molecule has 0 N–H and O–H groups in total. The summed E-state index contributed by atoms with van der Waals surface area (Å²) in [6.45, 7) is 11.2. The Morgan fingerprint density at radius 1 is 0.900 bits per heavy atom. The summed E-state index contributed by atoms with van der Waals surface area (Å²) >= 11 is 0. The van der Waals surface area contributed by atoms with E-state index in [9.17, 15) is 9.59 Å². The van der Waals surface area contributed by atoms with E-state index in [1.807, 2.05) is 30.1 Å². The topological polar surface area (TPSA) is 40.6 Å². The Bertz CT molecular complexity index is 274. The lowest BCUT2D eigenvalue weighted by Crippen LogP contribution is -2.33. The molecule has 0 bridgehead atoms. The van der Waals surface area contributed by atoms with Gasteiger partial charge in [-0.15, -0.1) is 0 Å². The third-order valence-electron chi connectivity index (χ3n) is 3.26. The van der Waals surface area contributed by atoms with Gasteiger partial charge in [0.2, 0.25) is 11.8 Å². The maximum Gasteiger partial charge on any atom is 0.225 e. The van der Waals surface area contributed by atoms with Crippen LogP contribution in [0.4, 0.5) is 0 Å². The quantitative estimate of drug-likeness (QED) is 0.547. The van der Waals surface area contributed by atoms with E-state index < -0.39 is 0 Å². The molecule has 0 heterocycles. The van der Waals surface area contributed by atoms with Crippen molar-refractivity contribution in [3.8, 4) is 0 Å². The summed E-state index contributed by atoms with van der Waals surface area (Å²) < 4.78 is 0. The Morgan fingerprint density at radius 3 is 1.80 bits per heavy atom. The number of carbonyl (C=O) groups is 2. The van der Waals surface area contributed by atoms with Gasteiger partial charge in [-0.2, -0.15) is 0 Å². The van der Waals surface area contributed by atoms with E-state index in [0.717, 1.165) is 32.5 Å². The van der Waals surface area contributed by atoms with Crippen LogP contribution >= 0.6 is 0 Å². The first-order valence-corrected chi connectivity index (χ1v) is 7.93. The second-order valence-electron chi connectivity index (χ2n) is 5.07. The number of nitrogens with zero attached hydrogens (tertiary/aromatic N) is 2. The molecule has 0 aromatic carbocycles. The van der Waals surface area contributed by atoms with Gasteiger partial charge in [0.1, 0.15) is 0 Å². The molecule has 0 aliphatic carbocycles. The van der Waals surface area contributed by atoms with Crippen LogP contribution in [0.3, 0.4) is 0 Å². The molecule has 0 atom stereocenters. The summed E-state index contributed by atoms with van der Waals surface area (Å²) in [5, 5.41) is 0. The van der Waals surface area contributed by atoms with E-state index >= 15 is 0 Å². The SMILES string of the molecule is C[CH+]CN(CC)C(=O)CCCC(=O)N(CCC)CCC. The predicted octanol–water partition coefficient (Wildman–Crippen LogP) is 2.88. The van der Waals surface area contributed by atoms with Gasteiger partial charge in [0.15, 0.2) is 6.54 Å². The maximum atomic E-state index is 12.1. The second kappa shape index (κ2) is 11.6. The van der Waals surface area contributed by atoms with Crippen LogP contribution in [0.5, 0.6) is 0 Å². The summed E-state index contributed by atoms with van der Waals surface area (Å²) in [5.74, 6) is 0.336. The summed E-state index contributed by atoms with van der Waals surface area (Å²) in [6.07, 6.45) is 5.57. The van der Waals surface area contributed by atoms with Crippen molar-refractivity contribution in [2.45, 2.75) is 59.8 Å². The normalized spacial score (nSPS) is 10.2. The van der Waals surface area contributed by atoms with Crippen molar-refractivity contribution < 1.29 is 9.59 Å². The van der Waals surface area contributed by atoms with Crippen LogP contribution in [-0.4, -0.2) is 47.8 Å². The fourth-order valence-corrected chi connectivity index (χ4v) is 2.24. The van der Waals surface area contributed by atoms with E-state index in [0.29, 0.717) is 25.8 Å². The van der Waals surface area contributed by atoms with Crippen LogP contribution in [0.2, 0.25) is 0 Å². The predicted molar refractivity (Wildman–Crippen MR) is 83.2 cm³/mol. The Kier molecular flexibility index (Phi) is 10.9. The molecule has 4 heteroatoms. The monoisotopic (exact) mass is 283 g/mol. The maximum absolute atomic E-state index is 12.1. The molecule has 0 saturated heterocycles. The van der Waals surface area contributed by atoms with Crippen molar-refractivity contribution in [3.63, 3.8) is 0 Å². The zero-order valence-electron chi connectivity index (χ0n) is 13.7. The smallest absolute Gasteiger partial charge is 0.225 e. The third kappa shape index (κ3) is 7.41. The van der Waals surface area contributed by atoms with Crippen LogP contribution in [-0.2, 0) is 9.59 Å². The zero-order chi connectivity index (χ0) is 15.4. The number of hydrogen-bond acceptors (Lipinski definition) is 2. The lowest BCUT2D eigenvalue weighted by molar-refractivity contribution is -0.132. The van der Waals surface area contributed by atoms with Crippen molar-refractivity contribution in [2.75, 3.05) is 26.2 Å². The minimum absolute atomic E-state index is 0.149. The van der Waals surface area contributed by atoms with E-state index in [2.05, 4.69) is 13.8 Å². The molecule has 116 valence electrons. The summed E-state index contributed by atoms with van der Waals surface area (Å²) in [5.41, 5.74) is 0. The summed E-state index contributed by atoms with van der Waals surface area (Å²) in [4.78, 5) is 27.8. The van der Waals surface area contributed by atoms with E-state index in [1.165, 1.54) is 0 Å². The van der Waals surface area contributed by atoms with Gasteiger partial charge < -0.3 is 9.80 Å². The van der Waals surface area contributed by atoms with Crippen molar-refractivity contribution in [1.29, 1.82) is 0 Å². The van der Waals surface area contributed by atoms with Crippen LogP contribution in [0.25, 0.3) is 0 Å². The molecule has 4 nitrogen and oxygen atoms in total. The number of hydrogen-bond donors (Lipinski definition) is 0. The van der Waals surface area contributed by atoms with Crippen LogP contribution < -0.4 is 0 Å². The standard InChI is InChI=1S/C16H31N2O2/c1-5-12-17(8-4)15(19)10-9-11-16(20)18(13-6-2)14-7-3/h5H,6-14H2,1-4H3/q+1. The Balaban J connectivity index is 4.07. The van der Waals surface area contributed by atoms with Crippen LogP contribution in [0.1, 0.15) is 59.8 Å². The number of amides is 2. The highest BCUT2D eigenvalue weighted by Gasteiger charge is 2.16. The molecule has 2 amide bonds. The molecular formula is C16H31N2O2+. The summed E-state index contributed by atoms with van der Waals surface area (Å²) in [7, 11) is 0. The highest BCUT2D eigenvalue weighted by Crippen LogP contribution is 2.06. The molecule has 0 aromatic heterocycles. The summed E-state index contributed by atoms with van der Waals surface area (Å²) in [6, 6.07) is 0. The Morgan fingerprint density at radius 2 is 1.40 bits per heavy atom. The molecule has 0 aromatic rings. The molecule has 0 unspecified atom stereocenters. The molecule has 0 radical (unpaired) electrons. The minimum atomic E-state index is 0.149. The van der Waals surface area contributed by atoms with E-state index in [4.69, 9.17) is 0 Å². The molecule has 0 spiro atoms. The van der Waals surface area contributed by atoms with E-state index in [-0.39, 0.29) is 11.8 Å². The highest BCUT2D eigenvalue weighted by molar-refractivity contribution is 5.79. The Labute approximate surface area is 124 Å². The lowest BCUT2D eigenvalue weighted by atomic mass is 10.2. The van der Waals surface area contributed by atoms with Gasteiger partial charge in [-0.3, -0.25) is 9.59 Å². The fourth-order valence-electron chi connectivity index (χ4n) is 2.24. The largest absolute Gasteiger partial charge is 0.343 e. The van der Waals surface area contributed by atoms with Gasteiger partial charge in [-0.05, 0) is 26.2 Å². The van der Waals surface area contributed by atoms with Crippen molar-refractivity contribution in [3.05, 3.63) is 6.42 Å². The minimum Gasteiger partial charge on any atom is -0.343 e. The van der Waals surface area contributed by atoms with Crippen molar-refractivity contribution >= 4 is 11.8 Å². The molecule has 0 aliphatic heterocycles. The van der Waals surface area contributed by atoms with Gasteiger partial charge >= 0.3 is 0 Å². The van der Waals surface area contributed by atoms with Gasteiger partial charge in [0.05, 0.1) is 13.3 Å². The highest BCUT2D eigenvalue weighted by atomic mass is 16.2. The van der Waals surface area contributed by atoms with Gasteiger partial charge in [-0.25, -0.2) is 0 Å². The molecular weight excluding hydrogens is 252 g/mol. The first kappa shape index (κ1) is 18.8. The molecule has 0 fully saturated rings. The van der Waals surface area contributed by atoms with Crippen molar-refractivity contribution in [1.82, 2.24) is 9.80 Å². The van der Waals surface area contributed by atoms with E-state index in [1.54, 1.807) is 0 Å². The van der Waals surface area contributed by atoms with Gasteiger partial charge in [-0.1, -0.05) is 13.8 Å². The molecule has 20 heavy (non-hydrogen) atoms. The molecule has 0 aliphatic rings. The zero-order valence-corrected chi connectivity index (χ0v) is 13.7. The first-order chi connectivity index (χ1) is 9.60. The van der Waals surface area contributed by atoms with Gasteiger partial charge in [0.25, 0.3) is 0 Å². The fraction of sp³-hybridized carbons (Fsp3) is 0.812. The third-order valence-corrected chi connectivity index (χ3v) is 3.26. The average molecular weight is 283 g/mol. The second-order valence-corrected chi connectivity index (χ2v) is 5.07. The number of carbonyl (C=O) groups excluding carboxylic acids is 2. The lowest BCUT2D eigenvalue weighted by Gasteiger charge is -2.21. The molecule has 0 saturated carbocycles.